The first-order chi connectivity index (χ1) is 12.6. The molecular weight excluding hydrogens is 399 g/mol. The SMILES string of the molecule is Cc1c(O)c(CNCc2ccncc2)cc2c3c(c(=O)oc12)CCCC3.Cl.Cl. The van der Waals surface area contributed by atoms with Crippen LogP contribution in [0, 0.1) is 6.92 Å². The lowest BCUT2D eigenvalue weighted by atomic mass is 9.89. The Morgan fingerprint density at radius 2 is 1.79 bits per heavy atom. The summed E-state index contributed by atoms with van der Waals surface area (Å²) in [7, 11) is 0. The average molecular weight is 423 g/mol. The van der Waals surface area contributed by atoms with E-state index in [1.165, 1.54) is 0 Å². The molecule has 150 valence electrons. The van der Waals surface area contributed by atoms with Crippen molar-refractivity contribution in [3.63, 3.8) is 0 Å². The Kier molecular flexibility index (Phi) is 7.47. The third-order valence-electron chi connectivity index (χ3n) is 5.19. The van der Waals surface area contributed by atoms with Gasteiger partial charge >= 0.3 is 5.63 Å². The van der Waals surface area contributed by atoms with E-state index >= 15 is 0 Å². The first-order valence-corrected chi connectivity index (χ1v) is 9.05. The van der Waals surface area contributed by atoms with Gasteiger partial charge in [-0.25, -0.2) is 4.79 Å². The quantitative estimate of drug-likeness (QED) is 0.615. The average Bonchev–Trinajstić information content (AvgIpc) is 2.67. The zero-order chi connectivity index (χ0) is 18.1. The van der Waals surface area contributed by atoms with Gasteiger partial charge in [-0.3, -0.25) is 4.98 Å². The molecule has 1 aliphatic carbocycles. The van der Waals surface area contributed by atoms with Gasteiger partial charge in [-0.05, 0) is 61.9 Å². The molecule has 0 radical (unpaired) electrons. The fraction of sp³-hybridized carbons (Fsp3) is 0.333. The Balaban J connectivity index is 0.00000140. The minimum absolute atomic E-state index is 0. The molecule has 0 saturated carbocycles. The van der Waals surface area contributed by atoms with Crippen LogP contribution in [0.15, 0.2) is 39.8 Å². The number of nitrogens with one attached hydrogen (secondary N) is 1. The van der Waals surface area contributed by atoms with Gasteiger partial charge in [-0.1, -0.05) is 0 Å². The number of aryl methyl sites for hydroxylation is 2. The Labute approximate surface area is 176 Å². The van der Waals surface area contributed by atoms with E-state index < -0.39 is 0 Å². The Morgan fingerprint density at radius 1 is 1.11 bits per heavy atom. The molecular formula is C21H24Cl2N2O3. The van der Waals surface area contributed by atoms with Crippen LogP contribution >= 0.6 is 24.8 Å². The van der Waals surface area contributed by atoms with Gasteiger partial charge in [-0.15, -0.1) is 24.8 Å². The van der Waals surface area contributed by atoms with Crippen molar-refractivity contribution >= 4 is 35.8 Å². The number of halogens is 2. The number of fused-ring (bicyclic) bond motifs is 3. The molecule has 5 nitrogen and oxygen atoms in total. The van der Waals surface area contributed by atoms with Crippen LogP contribution in [-0.4, -0.2) is 10.1 Å². The summed E-state index contributed by atoms with van der Waals surface area (Å²) in [5.74, 6) is 0.193. The fourth-order valence-electron chi connectivity index (χ4n) is 3.77. The van der Waals surface area contributed by atoms with Crippen LogP contribution in [-0.2, 0) is 25.9 Å². The molecule has 0 fully saturated rings. The lowest BCUT2D eigenvalue weighted by Crippen LogP contribution is -2.17. The largest absolute Gasteiger partial charge is 0.507 e. The number of benzene rings is 1. The number of hydrogen-bond donors (Lipinski definition) is 2. The van der Waals surface area contributed by atoms with Crippen molar-refractivity contribution in [2.24, 2.45) is 0 Å². The summed E-state index contributed by atoms with van der Waals surface area (Å²) in [4.78, 5) is 16.3. The zero-order valence-electron chi connectivity index (χ0n) is 15.7. The molecule has 2 N–H and O–H groups in total. The number of phenols is 1. The molecule has 2 aromatic heterocycles. The monoisotopic (exact) mass is 422 g/mol. The van der Waals surface area contributed by atoms with Crippen LogP contribution in [0.3, 0.4) is 0 Å². The van der Waals surface area contributed by atoms with Crippen molar-refractivity contribution in [3.05, 3.63) is 68.8 Å². The van der Waals surface area contributed by atoms with Crippen molar-refractivity contribution in [1.82, 2.24) is 10.3 Å². The third kappa shape index (κ3) is 4.17. The summed E-state index contributed by atoms with van der Waals surface area (Å²) in [6, 6.07) is 5.90. The molecule has 1 aliphatic rings. The lowest BCUT2D eigenvalue weighted by Gasteiger charge is -2.18. The molecule has 0 saturated heterocycles. The second kappa shape index (κ2) is 9.41. The van der Waals surface area contributed by atoms with Crippen LogP contribution in [0.2, 0.25) is 0 Å². The molecule has 2 heterocycles. The zero-order valence-corrected chi connectivity index (χ0v) is 17.3. The summed E-state index contributed by atoms with van der Waals surface area (Å²) in [5, 5.41) is 14.9. The Morgan fingerprint density at radius 3 is 2.50 bits per heavy atom. The van der Waals surface area contributed by atoms with Crippen molar-refractivity contribution in [2.45, 2.75) is 45.7 Å². The minimum atomic E-state index is -0.252. The van der Waals surface area contributed by atoms with Crippen LogP contribution in [0.25, 0.3) is 11.0 Å². The minimum Gasteiger partial charge on any atom is -0.507 e. The van der Waals surface area contributed by atoms with Gasteiger partial charge in [0, 0.05) is 47.6 Å². The Bertz CT molecular complexity index is 1020. The maximum Gasteiger partial charge on any atom is 0.339 e. The molecule has 0 spiro atoms. The molecule has 0 bridgehead atoms. The van der Waals surface area contributed by atoms with Crippen molar-refractivity contribution in [2.75, 3.05) is 0 Å². The van der Waals surface area contributed by atoms with Crippen LogP contribution in [0.1, 0.15) is 40.7 Å². The smallest absolute Gasteiger partial charge is 0.339 e. The number of aromatic hydroxyl groups is 1. The van der Waals surface area contributed by atoms with Gasteiger partial charge in [0.2, 0.25) is 0 Å². The summed E-state index contributed by atoms with van der Waals surface area (Å²) in [6.07, 6.45) is 7.32. The summed E-state index contributed by atoms with van der Waals surface area (Å²) in [5.41, 5.74) is 4.77. The second-order valence-electron chi connectivity index (χ2n) is 6.90. The molecule has 28 heavy (non-hydrogen) atoms. The van der Waals surface area contributed by atoms with E-state index in [0.717, 1.165) is 53.3 Å². The molecule has 7 heteroatoms. The number of aromatic nitrogens is 1. The highest BCUT2D eigenvalue weighted by Gasteiger charge is 2.21. The fourth-order valence-corrected chi connectivity index (χ4v) is 3.77. The van der Waals surface area contributed by atoms with Crippen molar-refractivity contribution in [3.8, 4) is 5.75 Å². The number of pyridine rings is 1. The molecule has 0 unspecified atom stereocenters. The van der Waals surface area contributed by atoms with Gasteiger partial charge in [0.15, 0.2) is 0 Å². The highest BCUT2D eigenvalue weighted by molar-refractivity contribution is 5.87. The number of hydrogen-bond acceptors (Lipinski definition) is 5. The second-order valence-corrected chi connectivity index (χ2v) is 6.90. The van der Waals surface area contributed by atoms with E-state index in [9.17, 15) is 9.90 Å². The number of rotatable bonds is 4. The molecule has 0 aliphatic heterocycles. The summed E-state index contributed by atoms with van der Waals surface area (Å²) in [6.45, 7) is 3.04. The predicted molar refractivity (Wildman–Crippen MR) is 115 cm³/mol. The maximum absolute atomic E-state index is 12.3. The van der Waals surface area contributed by atoms with Crippen molar-refractivity contribution < 1.29 is 9.52 Å². The van der Waals surface area contributed by atoms with E-state index in [1.807, 2.05) is 25.1 Å². The number of phenolic OH excluding ortho intramolecular Hbond substituents is 1. The highest BCUT2D eigenvalue weighted by atomic mass is 35.5. The number of nitrogens with zero attached hydrogens (tertiary/aromatic N) is 1. The molecule has 0 amide bonds. The van der Waals surface area contributed by atoms with E-state index in [-0.39, 0.29) is 36.2 Å². The Hall–Kier alpha value is -2.08. The van der Waals surface area contributed by atoms with Gasteiger partial charge in [0.05, 0.1) is 0 Å². The summed E-state index contributed by atoms with van der Waals surface area (Å²) < 4.78 is 5.56. The third-order valence-corrected chi connectivity index (χ3v) is 5.19. The van der Waals surface area contributed by atoms with E-state index in [0.29, 0.717) is 24.2 Å². The standard InChI is InChI=1S/C21H22N2O3.2ClH/c1-13-19(24)15(12-23-11-14-6-8-22-9-7-14)10-18-16-4-2-3-5-17(16)21(25)26-20(13)18;;/h6-10,23-24H,2-5,11-12H2,1H3;2*1H. The summed E-state index contributed by atoms with van der Waals surface area (Å²) >= 11 is 0. The maximum atomic E-state index is 12.3. The molecule has 1 aromatic carbocycles. The van der Waals surface area contributed by atoms with Gasteiger partial charge in [0.1, 0.15) is 11.3 Å². The highest BCUT2D eigenvalue weighted by Crippen LogP contribution is 2.34. The van der Waals surface area contributed by atoms with E-state index in [2.05, 4.69) is 10.3 Å². The topological polar surface area (TPSA) is 75.4 Å². The van der Waals surface area contributed by atoms with Crippen LogP contribution in [0.4, 0.5) is 0 Å². The predicted octanol–water partition coefficient (Wildman–Crippen LogP) is 4.21. The normalized spacial score (nSPS) is 12.8. The molecule has 3 aromatic rings. The van der Waals surface area contributed by atoms with Crippen molar-refractivity contribution in [1.29, 1.82) is 0 Å². The van der Waals surface area contributed by atoms with E-state index in [1.54, 1.807) is 12.4 Å². The first kappa shape index (κ1) is 22.2. The lowest BCUT2D eigenvalue weighted by molar-refractivity contribution is 0.457. The van der Waals surface area contributed by atoms with Gasteiger partial charge < -0.3 is 14.8 Å². The first-order valence-electron chi connectivity index (χ1n) is 9.05. The molecule has 4 rings (SSSR count). The van der Waals surface area contributed by atoms with Gasteiger partial charge in [-0.2, -0.15) is 0 Å². The van der Waals surface area contributed by atoms with Gasteiger partial charge in [0.25, 0.3) is 0 Å². The van der Waals surface area contributed by atoms with E-state index in [4.69, 9.17) is 4.42 Å². The van der Waals surface area contributed by atoms with Crippen LogP contribution < -0.4 is 10.9 Å². The van der Waals surface area contributed by atoms with Crippen LogP contribution in [0.5, 0.6) is 5.75 Å². The molecule has 0 atom stereocenters.